The van der Waals surface area contributed by atoms with Crippen molar-refractivity contribution in [3.05, 3.63) is 35.4 Å². The number of hydrogen-bond donors (Lipinski definition) is 2. The third-order valence-electron chi connectivity index (χ3n) is 3.29. The summed E-state index contributed by atoms with van der Waals surface area (Å²) in [5, 5.41) is 13.0. The number of fused-ring (bicyclic) bond motifs is 1. The van der Waals surface area contributed by atoms with Gasteiger partial charge in [0.25, 0.3) is 0 Å². The Morgan fingerprint density at radius 2 is 2.20 bits per heavy atom. The molecule has 7 heteroatoms. The first kappa shape index (κ1) is 12.3. The maximum Gasteiger partial charge on any atom is 0.338 e. The molecule has 3 rings (SSSR count). The fourth-order valence-corrected chi connectivity index (χ4v) is 2.05. The van der Waals surface area contributed by atoms with Crippen molar-refractivity contribution in [1.29, 1.82) is 0 Å². The molecule has 0 spiro atoms. The van der Waals surface area contributed by atoms with Gasteiger partial charge < -0.3 is 10.1 Å². The fraction of sp³-hybridized carbons (Fsp3) is 0.154. The van der Waals surface area contributed by atoms with Crippen LogP contribution >= 0.6 is 0 Å². The number of hydrogen-bond acceptors (Lipinski definition) is 3. The highest BCUT2D eigenvalue weighted by atomic mass is 19.1. The van der Waals surface area contributed by atoms with Crippen LogP contribution in [0, 0.1) is 12.7 Å². The molecule has 0 unspecified atom stereocenters. The Labute approximate surface area is 112 Å². The first-order chi connectivity index (χ1) is 9.47. The number of carboxylic acids is 1. The van der Waals surface area contributed by atoms with Crippen LogP contribution < -0.4 is 0 Å². The number of rotatable bonds is 2. The predicted molar refractivity (Wildman–Crippen MR) is 70.0 cm³/mol. The number of nitrogens with one attached hydrogen (secondary N) is 1. The van der Waals surface area contributed by atoms with Crippen molar-refractivity contribution in [2.45, 2.75) is 6.92 Å². The van der Waals surface area contributed by atoms with Crippen molar-refractivity contribution in [3.63, 3.8) is 0 Å². The summed E-state index contributed by atoms with van der Waals surface area (Å²) >= 11 is 0. The molecule has 0 saturated heterocycles. The third kappa shape index (κ3) is 1.75. The van der Waals surface area contributed by atoms with Gasteiger partial charge in [0.05, 0.1) is 28.4 Å². The summed E-state index contributed by atoms with van der Waals surface area (Å²) in [5.74, 6) is -1.57. The van der Waals surface area contributed by atoms with Gasteiger partial charge in [-0.1, -0.05) is 0 Å². The summed E-state index contributed by atoms with van der Waals surface area (Å²) in [6, 6.07) is 2.36. The Hall–Kier alpha value is -2.70. The van der Waals surface area contributed by atoms with Crippen molar-refractivity contribution in [2.24, 2.45) is 7.05 Å². The highest BCUT2D eigenvalue weighted by Crippen LogP contribution is 2.24. The lowest BCUT2D eigenvalue weighted by molar-refractivity contribution is 0.0692. The van der Waals surface area contributed by atoms with E-state index in [0.29, 0.717) is 16.9 Å². The van der Waals surface area contributed by atoms with Crippen LogP contribution in [0.5, 0.6) is 0 Å². The van der Waals surface area contributed by atoms with Crippen molar-refractivity contribution in [1.82, 2.24) is 19.7 Å². The molecule has 0 atom stereocenters. The summed E-state index contributed by atoms with van der Waals surface area (Å²) in [7, 11) is 1.81. The highest BCUT2D eigenvalue weighted by molar-refractivity contribution is 5.93. The van der Waals surface area contributed by atoms with E-state index in [4.69, 9.17) is 5.11 Å². The lowest BCUT2D eigenvalue weighted by Crippen LogP contribution is -1.99. The monoisotopic (exact) mass is 274 g/mol. The van der Waals surface area contributed by atoms with Crippen molar-refractivity contribution < 1.29 is 14.3 Å². The van der Waals surface area contributed by atoms with Gasteiger partial charge in [0.2, 0.25) is 0 Å². The van der Waals surface area contributed by atoms with Gasteiger partial charge in [-0.15, -0.1) is 0 Å². The first-order valence-electron chi connectivity index (χ1n) is 5.89. The molecule has 0 bridgehead atoms. The molecular formula is C13H11FN4O2. The van der Waals surface area contributed by atoms with Crippen molar-refractivity contribution in [2.75, 3.05) is 0 Å². The number of H-pyrrole nitrogens is 1. The number of aryl methyl sites for hydroxylation is 1. The average molecular weight is 274 g/mol. The lowest BCUT2D eigenvalue weighted by atomic mass is 10.2. The van der Waals surface area contributed by atoms with Crippen LogP contribution in [0.3, 0.4) is 0 Å². The molecule has 0 fully saturated rings. The zero-order chi connectivity index (χ0) is 14.4. The zero-order valence-electron chi connectivity index (χ0n) is 10.8. The summed E-state index contributed by atoms with van der Waals surface area (Å²) in [6.45, 7) is 1.89. The van der Waals surface area contributed by atoms with E-state index in [9.17, 15) is 9.18 Å². The van der Waals surface area contributed by atoms with Crippen LogP contribution in [0.2, 0.25) is 0 Å². The third-order valence-corrected chi connectivity index (χ3v) is 3.29. The Bertz CT molecular complexity index is 834. The Morgan fingerprint density at radius 1 is 1.45 bits per heavy atom. The maximum absolute atomic E-state index is 13.6. The van der Waals surface area contributed by atoms with E-state index in [1.807, 2.05) is 14.0 Å². The second-order valence-electron chi connectivity index (χ2n) is 4.51. The largest absolute Gasteiger partial charge is 0.478 e. The van der Waals surface area contributed by atoms with E-state index in [-0.39, 0.29) is 0 Å². The molecule has 102 valence electrons. The number of aromatic carboxylic acids is 1. The topological polar surface area (TPSA) is 83.8 Å². The van der Waals surface area contributed by atoms with Crippen LogP contribution in [0.1, 0.15) is 16.1 Å². The number of aromatic nitrogens is 4. The average Bonchev–Trinajstić information content (AvgIpc) is 2.92. The summed E-state index contributed by atoms with van der Waals surface area (Å²) in [4.78, 5) is 18.2. The van der Waals surface area contributed by atoms with E-state index in [1.54, 1.807) is 10.9 Å². The number of carboxylic acid groups (broad SMARTS) is 1. The molecule has 0 saturated carbocycles. The summed E-state index contributed by atoms with van der Waals surface area (Å²) < 4.78 is 15.3. The molecule has 6 nitrogen and oxygen atoms in total. The molecule has 2 N–H and O–H groups in total. The Morgan fingerprint density at radius 3 is 2.80 bits per heavy atom. The van der Waals surface area contributed by atoms with Gasteiger partial charge in [0.15, 0.2) is 0 Å². The number of imidazole rings is 1. The summed E-state index contributed by atoms with van der Waals surface area (Å²) in [6.07, 6.45) is 1.65. The minimum absolute atomic E-state index is 0.390. The molecule has 2 aromatic heterocycles. The highest BCUT2D eigenvalue weighted by Gasteiger charge is 2.16. The van der Waals surface area contributed by atoms with Crippen molar-refractivity contribution in [3.8, 4) is 11.4 Å². The SMILES string of the molecule is Cc1c(-c2nc3cc(C(=O)O)c(F)cc3[nH]2)cnn1C. The quantitative estimate of drug-likeness (QED) is 0.749. The van der Waals surface area contributed by atoms with E-state index in [0.717, 1.165) is 17.3 Å². The van der Waals surface area contributed by atoms with E-state index in [2.05, 4.69) is 15.1 Å². The van der Waals surface area contributed by atoms with Crippen LogP contribution in [-0.4, -0.2) is 30.8 Å². The van der Waals surface area contributed by atoms with Gasteiger partial charge in [0.1, 0.15) is 11.6 Å². The minimum Gasteiger partial charge on any atom is -0.478 e. The Balaban J connectivity index is 2.21. The van der Waals surface area contributed by atoms with Gasteiger partial charge >= 0.3 is 5.97 Å². The molecule has 1 aromatic carbocycles. The number of aromatic amines is 1. The molecule has 3 aromatic rings. The molecule has 0 aliphatic carbocycles. The van der Waals surface area contributed by atoms with E-state index in [1.165, 1.54) is 6.07 Å². The molecule has 0 amide bonds. The number of nitrogens with zero attached hydrogens (tertiary/aromatic N) is 3. The van der Waals surface area contributed by atoms with Crippen molar-refractivity contribution >= 4 is 17.0 Å². The standard InChI is InChI=1S/C13H11FN4O2/c1-6-8(5-15-18(6)2)12-16-10-3-7(13(19)20)9(14)4-11(10)17-12/h3-5H,1-2H3,(H,16,17)(H,19,20). The second kappa shape index (κ2) is 4.16. The zero-order valence-corrected chi connectivity index (χ0v) is 10.8. The number of carbonyl (C=O) groups is 1. The predicted octanol–water partition coefficient (Wildman–Crippen LogP) is 2.11. The van der Waals surface area contributed by atoms with Crippen LogP contribution in [0.4, 0.5) is 4.39 Å². The molecule has 0 radical (unpaired) electrons. The molecular weight excluding hydrogens is 263 g/mol. The minimum atomic E-state index is -1.31. The molecule has 0 aliphatic heterocycles. The Kier molecular flexibility index (Phi) is 2.56. The van der Waals surface area contributed by atoms with Crippen LogP contribution in [0.25, 0.3) is 22.4 Å². The van der Waals surface area contributed by atoms with Gasteiger partial charge in [-0.05, 0) is 13.0 Å². The number of benzene rings is 1. The number of halogens is 1. The van der Waals surface area contributed by atoms with Gasteiger partial charge in [0, 0.05) is 18.8 Å². The van der Waals surface area contributed by atoms with Crippen LogP contribution in [-0.2, 0) is 7.05 Å². The van der Waals surface area contributed by atoms with E-state index < -0.39 is 17.3 Å². The normalized spacial score (nSPS) is 11.2. The van der Waals surface area contributed by atoms with Gasteiger partial charge in [-0.3, -0.25) is 4.68 Å². The molecule has 2 heterocycles. The van der Waals surface area contributed by atoms with Crippen LogP contribution in [0.15, 0.2) is 18.3 Å². The lowest BCUT2D eigenvalue weighted by Gasteiger charge is -1.96. The fourth-order valence-electron chi connectivity index (χ4n) is 2.05. The summed E-state index contributed by atoms with van der Waals surface area (Å²) in [5.41, 5.74) is 2.16. The second-order valence-corrected chi connectivity index (χ2v) is 4.51. The smallest absolute Gasteiger partial charge is 0.338 e. The van der Waals surface area contributed by atoms with Gasteiger partial charge in [-0.25, -0.2) is 14.2 Å². The van der Waals surface area contributed by atoms with E-state index >= 15 is 0 Å². The first-order valence-corrected chi connectivity index (χ1v) is 5.89. The van der Waals surface area contributed by atoms with Gasteiger partial charge in [-0.2, -0.15) is 5.10 Å². The molecule has 0 aliphatic rings. The molecule has 20 heavy (non-hydrogen) atoms. The maximum atomic E-state index is 13.6.